The Morgan fingerprint density at radius 1 is 1.47 bits per heavy atom. The zero-order valence-electron chi connectivity index (χ0n) is 10.4. The summed E-state index contributed by atoms with van der Waals surface area (Å²) in [6, 6.07) is -0.169. The molecule has 1 aliphatic heterocycles. The van der Waals surface area contributed by atoms with Crippen LogP contribution in [0, 0.1) is 0 Å². The van der Waals surface area contributed by atoms with Crippen LogP contribution in [-0.4, -0.2) is 54.9 Å². The summed E-state index contributed by atoms with van der Waals surface area (Å²) < 4.78 is 66.8. The number of ether oxygens (including phenoxy) is 1. The van der Waals surface area contributed by atoms with Crippen LogP contribution in [0.5, 0.6) is 0 Å². The average Bonchev–Trinajstić information content (AvgIpc) is 2.51. The number of hydrogen-bond acceptors (Lipinski definition) is 3. The van der Waals surface area contributed by atoms with Crippen molar-refractivity contribution in [1.82, 2.24) is 10.2 Å². The highest BCUT2D eigenvalue weighted by Crippen LogP contribution is 2.31. The number of rotatable bonds is 3. The molecule has 0 saturated carbocycles. The monoisotopic (exact) mass is 290 g/mol. The number of carbonyl (C=O) groups is 1. The maximum Gasteiger partial charge on any atom is 0.407 e. The fourth-order valence-corrected chi connectivity index (χ4v) is 1.64. The summed E-state index contributed by atoms with van der Waals surface area (Å²) in [5.74, 6) is -3.26. The van der Waals surface area contributed by atoms with E-state index < -0.39 is 37.4 Å². The molecule has 1 atom stereocenters. The molecule has 1 amide bonds. The zero-order valence-corrected chi connectivity index (χ0v) is 10.4. The van der Waals surface area contributed by atoms with Crippen LogP contribution in [-0.2, 0) is 4.74 Å². The standard InChI is InChI=1S/C10H15F5N2O2/c1-6(2)17-3-7(9(11,12)5-17)19-8(18)16-4-10(13,14)15/h6-7H,3-5H2,1-2H3,(H,16,18)/t7-/m0/s1. The molecular weight excluding hydrogens is 275 g/mol. The number of nitrogens with one attached hydrogen (secondary N) is 1. The normalized spacial score (nSPS) is 23.7. The number of amides is 1. The molecule has 1 rings (SSSR count). The van der Waals surface area contributed by atoms with E-state index in [1.165, 1.54) is 10.2 Å². The van der Waals surface area contributed by atoms with Crippen molar-refractivity contribution in [3.63, 3.8) is 0 Å². The number of carbonyl (C=O) groups excluding carboxylic acids is 1. The van der Waals surface area contributed by atoms with Crippen LogP contribution < -0.4 is 5.32 Å². The second-order valence-corrected chi connectivity index (χ2v) is 4.65. The molecule has 0 aromatic rings. The van der Waals surface area contributed by atoms with Crippen molar-refractivity contribution in [3.05, 3.63) is 0 Å². The lowest BCUT2D eigenvalue weighted by Crippen LogP contribution is -2.41. The van der Waals surface area contributed by atoms with Crippen molar-refractivity contribution in [2.24, 2.45) is 0 Å². The predicted octanol–water partition coefficient (Wildman–Crippen LogP) is 2.00. The number of alkyl halides is 5. The van der Waals surface area contributed by atoms with Gasteiger partial charge in [0.15, 0.2) is 6.10 Å². The molecule has 0 bridgehead atoms. The molecule has 0 aromatic carbocycles. The number of hydrogen-bond donors (Lipinski definition) is 1. The predicted molar refractivity (Wildman–Crippen MR) is 56.0 cm³/mol. The van der Waals surface area contributed by atoms with Gasteiger partial charge in [0.2, 0.25) is 0 Å². The van der Waals surface area contributed by atoms with Gasteiger partial charge in [-0.2, -0.15) is 13.2 Å². The van der Waals surface area contributed by atoms with Crippen LogP contribution in [0.1, 0.15) is 13.8 Å². The Kier molecular flexibility index (Phi) is 4.59. The fraction of sp³-hybridized carbons (Fsp3) is 0.900. The van der Waals surface area contributed by atoms with Crippen molar-refractivity contribution in [3.8, 4) is 0 Å². The molecule has 0 aliphatic carbocycles. The van der Waals surface area contributed by atoms with E-state index in [1.807, 2.05) is 0 Å². The number of nitrogens with zero attached hydrogens (tertiary/aromatic N) is 1. The second kappa shape index (κ2) is 5.48. The molecule has 1 saturated heterocycles. The minimum absolute atomic E-state index is 0.169. The highest BCUT2D eigenvalue weighted by atomic mass is 19.4. The minimum Gasteiger partial charge on any atom is -0.438 e. The molecule has 0 radical (unpaired) electrons. The van der Waals surface area contributed by atoms with E-state index in [9.17, 15) is 26.7 Å². The van der Waals surface area contributed by atoms with Gasteiger partial charge in [-0.05, 0) is 13.8 Å². The molecule has 112 valence electrons. The highest BCUT2D eigenvalue weighted by molar-refractivity contribution is 5.67. The van der Waals surface area contributed by atoms with Gasteiger partial charge in [0.05, 0.1) is 6.54 Å². The molecule has 19 heavy (non-hydrogen) atoms. The first kappa shape index (κ1) is 15.9. The van der Waals surface area contributed by atoms with Crippen molar-refractivity contribution in [1.29, 1.82) is 0 Å². The second-order valence-electron chi connectivity index (χ2n) is 4.65. The topological polar surface area (TPSA) is 41.6 Å². The van der Waals surface area contributed by atoms with Crippen LogP contribution in [0.15, 0.2) is 0 Å². The van der Waals surface area contributed by atoms with Gasteiger partial charge in [0.25, 0.3) is 5.92 Å². The maximum absolute atomic E-state index is 13.5. The van der Waals surface area contributed by atoms with E-state index >= 15 is 0 Å². The Balaban J connectivity index is 2.50. The maximum atomic E-state index is 13.5. The van der Waals surface area contributed by atoms with E-state index in [4.69, 9.17) is 0 Å². The van der Waals surface area contributed by atoms with Crippen LogP contribution >= 0.6 is 0 Å². The summed E-state index contributed by atoms with van der Waals surface area (Å²) in [6.45, 7) is 0.994. The highest BCUT2D eigenvalue weighted by Gasteiger charge is 2.51. The molecule has 4 nitrogen and oxygen atoms in total. The Morgan fingerprint density at radius 3 is 2.47 bits per heavy atom. The van der Waals surface area contributed by atoms with Gasteiger partial charge in [-0.3, -0.25) is 4.90 Å². The fourth-order valence-electron chi connectivity index (χ4n) is 1.64. The summed E-state index contributed by atoms with van der Waals surface area (Å²) in [5, 5.41) is 1.39. The lowest BCUT2D eigenvalue weighted by atomic mass is 10.2. The number of alkyl carbamates (subject to hydrolysis) is 1. The van der Waals surface area contributed by atoms with Crippen molar-refractivity contribution in [2.75, 3.05) is 19.6 Å². The molecule has 0 aromatic heterocycles. The molecule has 1 heterocycles. The van der Waals surface area contributed by atoms with Crippen LogP contribution in [0.3, 0.4) is 0 Å². The van der Waals surface area contributed by atoms with Crippen molar-refractivity contribution in [2.45, 2.75) is 38.1 Å². The molecular formula is C10H15F5N2O2. The Bertz CT molecular complexity index is 332. The van der Waals surface area contributed by atoms with E-state index in [2.05, 4.69) is 4.74 Å². The largest absolute Gasteiger partial charge is 0.438 e. The van der Waals surface area contributed by atoms with Crippen molar-refractivity contribution >= 4 is 6.09 Å². The summed E-state index contributed by atoms with van der Waals surface area (Å²) in [7, 11) is 0. The van der Waals surface area contributed by atoms with Gasteiger partial charge in [-0.15, -0.1) is 0 Å². The van der Waals surface area contributed by atoms with Gasteiger partial charge in [-0.1, -0.05) is 0 Å². The third-order valence-electron chi connectivity index (χ3n) is 2.70. The molecule has 1 fully saturated rings. The summed E-state index contributed by atoms with van der Waals surface area (Å²) in [5.41, 5.74) is 0. The Labute approximate surface area is 106 Å². The van der Waals surface area contributed by atoms with E-state index in [1.54, 1.807) is 13.8 Å². The molecule has 1 N–H and O–H groups in total. The van der Waals surface area contributed by atoms with Gasteiger partial charge in [0, 0.05) is 12.6 Å². The third-order valence-corrected chi connectivity index (χ3v) is 2.70. The van der Waals surface area contributed by atoms with Gasteiger partial charge >= 0.3 is 12.3 Å². The number of halogens is 5. The summed E-state index contributed by atoms with van der Waals surface area (Å²) >= 11 is 0. The van der Waals surface area contributed by atoms with E-state index in [0.29, 0.717) is 0 Å². The smallest absolute Gasteiger partial charge is 0.407 e. The SMILES string of the molecule is CC(C)N1C[C@H](OC(=O)NCC(F)(F)F)C(F)(F)C1. The molecule has 1 aliphatic rings. The average molecular weight is 290 g/mol. The molecule has 9 heteroatoms. The molecule has 0 unspecified atom stereocenters. The number of likely N-dealkylation sites (tertiary alicyclic amines) is 1. The Hall–Kier alpha value is -1.12. The lowest BCUT2D eigenvalue weighted by Gasteiger charge is -2.19. The summed E-state index contributed by atoms with van der Waals surface area (Å²) in [4.78, 5) is 12.4. The van der Waals surface area contributed by atoms with E-state index in [0.717, 1.165) is 0 Å². The van der Waals surface area contributed by atoms with E-state index in [-0.39, 0.29) is 12.6 Å². The van der Waals surface area contributed by atoms with Gasteiger partial charge in [-0.25, -0.2) is 13.6 Å². The van der Waals surface area contributed by atoms with Gasteiger partial charge in [0.1, 0.15) is 6.54 Å². The minimum atomic E-state index is -4.61. The third kappa shape index (κ3) is 4.81. The first-order valence-electron chi connectivity index (χ1n) is 5.64. The first-order chi connectivity index (χ1) is 8.51. The lowest BCUT2D eigenvalue weighted by molar-refractivity contribution is -0.125. The molecule has 0 spiro atoms. The van der Waals surface area contributed by atoms with Crippen LogP contribution in [0.25, 0.3) is 0 Å². The van der Waals surface area contributed by atoms with Crippen molar-refractivity contribution < 1.29 is 31.5 Å². The Morgan fingerprint density at radius 2 is 2.05 bits per heavy atom. The first-order valence-corrected chi connectivity index (χ1v) is 5.64. The van der Waals surface area contributed by atoms with Crippen LogP contribution in [0.2, 0.25) is 0 Å². The zero-order chi connectivity index (χ0) is 14.8. The quantitative estimate of drug-likeness (QED) is 0.808. The summed E-state index contributed by atoms with van der Waals surface area (Å²) in [6.07, 6.45) is -7.84. The van der Waals surface area contributed by atoms with Crippen LogP contribution in [0.4, 0.5) is 26.7 Å². The van der Waals surface area contributed by atoms with Gasteiger partial charge < -0.3 is 10.1 Å².